The molecule has 0 saturated carbocycles. The lowest BCUT2D eigenvalue weighted by Crippen LogP contribution is -2.42. The van der Waals surface area contributed by atoms with E-state index in [2.05, 4.69) is 4.98 Å². The summed E-state index contributed by atoms with van der Waals surface area (Å²) in [6.45, 7) is -0.201. The summed E-state index contributed by atoms with van der Waals surface area (Å²) in [6, 6.07) is 7.30. The van der Waals surface area contributed by atoms with Crippen LogP contribution in [0.3, 0.4) is 0 Å². The van der Waals surface area contributed by atoms with Crippen LogP contribution in [0.2, 0.25) is 0 Å². The van der Waals surface area contributed by atoms with Gasteiger partial charge in [0, 0.05) is 30.1 Å². The first-order valence-corrected chi connectivity index (χ1v) is 8.98. The number of nitrogens with two attached hydrogens (primary N) is 1. The molecule has 3 rings (SSSR count). The maximum absolute atomic E-state index is 12.1. The first kappa shape index (κ1) is 16.0. The topological polar surface area (TPSA) is 116 Å². The molecule has 1 aromatic heterocycles. The van der Waals surface area contributed by atoms with Gasteiger partial charge >= 0.3 is 0 Å². The quantitative estimate of drug-likeness (QED) is 0.710. The van der Waals surface area contributed by atoms with E-state index >= 15 is 0 Å². The zero-order chi connectivity index (χ0) is 16.6. The SMILES string of the molecule is NS(=O)(=O)C1CC(=O)N(C(CO)Cc2c[nH]c3ccccc23)C1. The molecular weight excluding hydrogens is 318 g/mol. The number of H-pyrrole nitrogens is 1. The Kier molecular flexibility index (Phi) is 4.13. The smallest absolute Gasteiger partial charge is 0.224 e. The standard InChI is InChI=1S/C15H19N3O4S/c16-23(21,22)12-6-15(20)18(8-12)11(9-19)5-10-7-17-14-4-2-1-3-13(10)14/h1-4,7,11-12,17,19H,5-6,8-9H2,(H2,16,21,22). The summed E-state index contributed by atoms with van der Waals surface area (Å²) in [4.78, 5) is 16.7. The molecule has 1 aliphatic heterocycles. The number of primary sulfonamides is 1. The van der Waals surface area contributed by atoms with E-state index in [1.54, 1.807) is 0 Å². The number of aliphatic hydroxyl groups is 1. The van der Waals surface area contributed by atoms with Gasteiger partial charge in [-0.3, -0.25) is 4.79 Å². The van der Waals surface area contributed by atoms with Crippen LogP contribution in [0.1, 0.15) is 12.0 Å². The van der Waals surface area contributed by atoms with Crippen molar-refractivity contribution in [1.82, 2.24) is 9.88 Å². The Labute approximate surface area is 134 Å². The van der Waals surface area contributed by atoms with Crippen molar-refractivity contribution in [3.8, 4) is 0 Å². The number of hydrogen-bond acceptors (Lipinski definition) is 4. The van der Waals surface area contributed by atoms with Crippen LogP contribution in [0.25, 0.3) is 10.9 Å². The van der Waals surface area contributed by atoms with Gasteiger partial charge in [0.15, 0.2) is 0 Å². The maximum Gasteiger partial charge on any atom is 0.224 e. The molecule has 7 nitrogen and oxygen atoms in total. The third-order valence-electron chi connectivity index (χ3n) is 4.37. The number of aliphatic hydroxyl groups excluding tert-OH is 1. The molecule has 1 aliphatic rings. The number of carbonyl (C=O) groups is 1. The predicted octanol–water partition coefficient (Wildman–Crippen LogP) is -0.0393. The molecule has 2 unspecified atom stereocenters. The van der Waals surface area contributed by atoms with Gasteiger partial charge in [0.25, 0.3) is 0 Å². The van der Waals surface area contributed by atoms with E-state index in [0.717, 1.165) is 16.5 Å². The Balaban J connectivity index is 1.82. The molecule has 1 saturated heterocycles. The van der Waals surface area contributed by atoms with Crippen LogP contribution in [0, 0.1) is 0 Å². The minimum absolute atomic E-state index is 0.0330. The molecule has 23 heavy (non-hydrogen) atoms. The average molecular weight is 337 g/mol. The number of rotatable bonds is 5. The van der Waals surface area contributed by atoms with E-state index in [9.17, 15) is 18.3 Å². The van der Waals surface area contributed by atoms with Crippen LogP contribution in [0.5, 0.6) is 0 Å². The normalized spacial score (nSPS) is 20.3. The van der Waals surface area contributed by atoms with Crippen molar-refractivity contribution in [3.63, 3.8) is 0 Å². The fourth-order valence-corrected chi connectivity index (χ4v) is 3.84. The Morgan fingerprint density at radius 3 is 2.78 bits per heavy atom. The van der Waals surface area contributed by atoms with E-state index in [1.807, 2.05) is 30.5 Å². The fraction of sp³-hybridized carbons (Fsp3) is 0.400. The summed E-state index contributed by atoms with van der Waals surface area (Å²) < 4.78 is 22.9. The summed E-state index contributed by atoms with van der Waals surface area (Å²) in [7, 11) is -3.76. The summed E-state index contributed by atoms with van der Waals surface area (Å²) in [5.74, 6) is -0.289. The minimum atomic E-state index is -3.76. The fourth-order valence-electron chi connectivity index (χ4n) is 3.10. The molecule has 1 fully saturated rings. The third kappa shape index (κ3) is 3.10. The molecule has 124 valence electrons. The van der Waals surface area contributed by atoms with Crippen molar-refractivity contribution in [3.05, 3.63) is 36.0 Å². The molecule has 2 atom stereocenters. The summed E-state index contributed by atoms with van der Waals surface area (Å²) in [5, 5.41) is 15.0. The molecule has 8 heteroatoms. The summed E-state index contributed by atoms with van der Waals surface area (Å²) in [5.41, 5.74) is 1.96. The Morgan fingerprint density at radius 1 is 1.39 bits per heavy atom. The first-order valence-electron chi connectivity index (χ1n) is 7.37. The number of aromatic nitrogens is 1. The monoisotopic (exact) mass is 337 g/mol. The highest BCUT2D eigenvalue weighted by molar-refractivity contribution is 7.89. The van der Waals surface area contributed by atoms with Gasteiger partial charge in [-0.25, -0.2) is 13.6 Å². The highest BCUT2D eigenvalue weighted by Crippen LogP contribution is 2.24. The van der Waals surface area contributed by atoms with Gasteiger partial charge in [-0.2, -0.15) is 0 Å². The largest absolute Gasteiger partial charge is 0.394 e. The van der Waals surface area contributed by atoms with Crippen LogP contribution in [-0.2, 0) is 21.2 Å². The Bertz CT molecular complexity index is 830. The number of aromatic amines is 1. The number of nitrogens with zero attached hydrogens (tertiary/aromatic N) is 1. The van der Waals surface area contributed by atoms with Crippen molar-refractivity contribution in [2.45, 2.75) is 24.1 Å². The maximum atomic E-state index is 12.1. The van der Waals surface area contributed by atoms with Crippen molar-refractivity contribution in [2.75, 3.05) is 13.2 Å². The lowest BCUT2D eigenvalue weighted by Gasteiger charge is -2.26. The van der Waals surface area contributed by atoms with Crippen LogP contribution in [0.4, 0.5) is 0 Å². The lowest BCUT2D eigenvalue weighted by molar-refractivity contribution is -0.130. The lowest BCUT2D eigenvalue weighted by atomic mass is 10.0. The van der Waals surface area contributed by atoms with E-state index in [-0.39, 0.29) is 25.5 Å². The molecule has 0 radical (unpaired) electrons. The van der Waals surface area contributed by atoms with Crippen molar-refractivity contribution < 1.29 is 18.3 Å². The molecule has 1 amide bonds. The average Bonchev–Trinajstić information content (AvgIpc) is 3.08. The van der Waals surface area contributed by atoms with Crippen LogP contribution in [0.15, 0.2) is 30.5 Å². The van der Waals surface area contributed by atoms with Gasteiger partial charge in [-0.1, -0.05) is 18.2 Å². The number of benzene rings is 1. The van der Waals surface area contributed by atoms with Gasteiger partial charge < -0.3 is 15.0 Å². The zero-order valence-corrected chi connectivity index (χ0v) is 13.3. The summed E-state index contributed by atoms with van der Waals surface area (Å²) >= 11 is 0. The van der Waals surface area contributed by atoms with Crippen LogP contribution < -0.4 is 5.14 Å². The second-order valence-electron chi connectivity index (χ2n) is 5.86. The molecular formula is C15H19N3O4S. The van der Waals surface area contributed by atoms with E-state index in [0.29, 0.717) is 6.42 Å². The van der Waals surface area contributed by atoms with E-state index < -0.39 is 21.3 Å². The predicted molar refractivity (Wildman–Crippen MR) is 86.1 cm³/mol. The molecule has 4 N–H and O–H groups in total. The van der Waals surface area contributed by atoms with Gasteiger partial charge in [-0.05, 0) is 18.1 Å². The number of hydrogen-bond donors (Lipinski definition) is 3. The van der Waals surface area contributed by atoms with Crippen molar-refractivity contribution in [2.24, 2.45) is 5.14 Å². The van der Waals surface area contributed by atoms with Gasteiger partial charge in [0.2, 0.25) is 15.9 Å². The molecule has 0 bridgehead atoms. The third-order valence-corrected chi connectivity index (χ3v) is 5.61. The highest BCUT2D eigenvalue weighted by atomic mass is 32.2. The van der Waals surface area contributed by atoms with Crippen LogP contribution in [-0.4, -0.2) is 53.8 Å². The van der Waals surface area contributed by atoms with E-state index in [4.69, 9.17) is 5.14 Å². The Hall–Kier alpha value is -1.90. The molecule has 2 heterocycles. The van der Waals surface area contributed by atoms with Crippen LogP contribution >= 0.6 is 0 Å². The van der Waals surface area contributed by atoms with Crippen molar-refractivity contribution in [1.29, 1.82) is 0 Å². The number of para-hydroxylation sites is 1. The minimum Gasteiger partial charge on any atom is -0.394 e. The molecule has 1 aromatic carbocycles. The second kappa shape index (κ2) is 5.95. The van der Waals surface area contributed by atoms with Gasteiger partial charge in [0.1, 0.15) is 5.25 Å². The first-order chi connectivity index (χ1) is 10.9. The molecule has 0 spiro atoms. The Morgan fingerprint density at radius 2 is 2.13 bits per heavy atom. The number of likely N-dealkylation sites (tertiary alicyclic amines) is 1. The second-order valence-corrected chi connectivity index (χ2v) is 7.71. The van der Waals surface area contributed by atoms with Gasteiger partial charge in [-0.15, -0.1) is 0 Å². The number of amides is 1. The van der Waals surface area contributed by atoms with Gasteiger partial charge in [0.05, 0.1) is 12.6 Å². The number of sulfonamides is 1. The highest BCUT2D eigenvalue weighted by Gasteiger charge is 2.39. The molecule has 2 aromatic rings. The number of carbonyl (C=O) groups excluding carboxylic acids is 1. The zero-order valence-electron chi connectivity index (χ0n) is 12.5. The number of fused-ring (bicyclic) bond motifs is 1. The number of nitrogens with one attached hydrogen (secondary N) is 1. The molecule has 0 aliphatic carbocycles. The van der Waals surface area contributed by atoms with E-state index in [1.165, 1.54) is 4.90 Å². The summed E-state index contributed by atoms with van der Waals surface area (Å²) in [6.07, 6.45) is 2.18. The van der Waals surface area contributed by atoms with Crippen molar-refractivity contribution >= 4 is 26.8 Å².